The molecule has 0 aromatic heterocycles. The van der Waals surface area contributed by atoms with Crippen LogP contribution in [0.2, 0.25) is 5.02 Å². The second-order valence-corrected chi connectivity index (χ2v) is 9.03. The number of carbonyl (C=O) groups is 1. The van der Waals surface area contributed by atoms with E-state index in [4.69, 9.17) is 20.9 Å². The normalized spacial score (nSPS) is 13.6. The third kappa shape index (κ3) is 6.50. The smallest absolute Gasteiger partial charge is 0.460 e. The molecule has 2 atom stereocenters. The summed E-state index contributed by atoms with van der Waals surface area (Å²) in [6, 6.07) is 12.0. The van der Waals surface area contributed by atoms with Crippen molar-refractivity contribution in [3.8, 4) is 11.5 Å². The number of hydrogen-bond donors (Lipinski definition) is 1. The van der Waals surface area contributed by atoms with Gasteiger partial charge >= 0.3 is 13.7 Å². The summed E-state index contributed by atoms with van der Waals surface area (Å²) in [5.74, 6) is -14.9. The molecule has 0 heterocycles. The Morgan fingerprint density at radius 1 is 0.886 bits per heavy atom. The molecule has 1 N–H and O–H groups in total. The summed E-state index contributed by atoms with van der Waals surface area (Å²) in [5.41, 5.74) is 0.631. The monoisotopic (exact) mass is 535 g/mol. The van der Waals surface area contributed by atoms with Gasteiger partial charge < -0.3 is 13.8 Å². The summed E-state index contributed by atoms with van der Waals surface area (Å²) in [6.07, 6.45) is 0. The first-order valence-corrected chi connectivity index (χ1v) is 11.7. The van der Waals surface area contributed by atoms with Gasteiger partial charge in [-0.3, -0.25) is 4.79 Å². The predicted molar refractivity (Wildman–Crippen MR) is 115 cm³/mol. The fraction of sp³-hybridized carbons (Fsp3) is 0.136. The average molecular weight is 536 g/mol. The lowest BCUT2D eigenvalue weighted by atomic mass is 10.2. The van der Waals surface area contributed by atoms with E-state index in [1.807, 2.05) is 0 Å². The van der Waals surface area contributed by atoms with Crippen LogP contribution in [-0.4, -0.2) is 12.0 Å². The van der Waals surface area contributed by atoms with Crippen molar-refractivity contribution < 1.29 is 45.1 Å². The summed E-state index contributed by atoms with van der Waals surface area (Å²) in [7, 11) is -5.02. The number of rotatable bonds is 9. The van der Waals surface area contributed by atoms with Crippen molar-refractivity contribution in [1.82, 2.24) is 5.09 Å². The van der Waals surface area contributed by atoms with Gasteiger partial charge in [-0.25, -0.2) is 17.7 Å². The fourth-order valence-corrected chi connectivity index (χ4v) is 4.28. The van der Waals surface area contributed by atoms with Crippen LogP contribution >= 0.6 is 19.3 Å². The van der Waals surface area contributed by atoms with E-state index in [0.29, 0.717) is 5.56 Å². The molecule has 3 aromatic carbocycles. The molecule has 0 spiro atoms. The van der Waals surface area contributed by atoms with Crippen molar-refractivity contribution in [3.05, 3.63) is 94.3 Å². The number of hydrogen-bond acceptors (Lipinski definition) is 5. The Morgan fingerprint density at radius 2 is 1.43 bits per heavy atom. The number of halogens is 6. The summed E-state index contributed by atoms with van der Waals surface area (Å²) in [4.78, 5) is 12.4. The first-order chi connectivity index (χ1) is 16.5. The third-order valence-electron chi connectivity index (χ3n) is 4.35. The summed E-state index contributed by atoms with van der Waals surface area (Å²) < 4.78 is 97.2. The van der Waals surface area contributed by atoms with E-state index in [2.05, 4.69) is 9.61 Å². The van der Waals surface area contributed by atoms with Crippen LogP contribution in [0.5, 0.6) is 11.5 Å². The van der Waals surface area contributed by atoms with E-state index < -0.39 is 54.6 Å². The molecule has 186 valence electrons. The van der Waals surface area contributed by atoms with Gasteiger partial charge in [-0.15, -0.1) is 0 Å². The molecule has 35 heavy (non-hydrogen) atoms. The van der Waals surface area contributed by atoms with Crippen LogP contribution in [0.4, 0.5) is 22.0 Å². The minimum Gasteiger partial charge on any atom is -0.460 e. The number of nitrogens with one attached hydrogen (secondary N) is 1. The van der Waals surface area contributed by atoms with Gasteiger partial charge in [0.25, 0.3) is 0 Å². The first-order valence-electron chi connectivity index (χ1n) is 9.75. The molecule has 0 fully saturated rings. The molecule has 3 rings (SSSR count). The standard InChI is InChI=1S/C22H16ClF5NO5P/c1-12(22(30)32-11-13-5-3-2-4-6-13)29-35(31,33-15-9-7-14(23)8-10-15)34-21-19(27)17(25)16(24)18(26)20(21)28/h2-10,12H,11H2,1H3,(H,29,31). The minimum absolute atomic E-state index is 0.160. The van der Waals surface area contributed by atoms with Crippen LogP contribution in [0.15, 0.2) is 54.6 Å². The lowest BCUT2D eigenvalue weighted by Gasteiger charge is -2.23. The number of carbonyl (C=O) groups excluding carboxylic acids is 1. The van der Waals surface area contributed by atoms with Crippen molar-refractivity contribution in [3.63, 3.8) is 0 Å². The second-order valence-electron chi connectivity index (χ2n) is 6.98. The van der Waals surface area contributed by atoms with Gasteiger partial charge in [0.2, 0.25) is 34.8 Å². The van der Waals surface area contributed by atoms with Crippen LogP contribution in [0, 0.1) is 29.1 Å². The Labute approximate surface area is 201 Å². The number of esters is 1. The van der Waals surface area contributed by atoms with Crippen LogP contribution in [0.25, 0.3) is 0 Å². The Kier molecular flexibility index (Phi) is 8.37. The molecular weight excluding hydrogens is 520 g/mol. The third-order valence-corrected chi connectivity index (χ3v) is 6.18. The predicted octanol–water partition coefficient (Wildman–Crippen LogP) is 6.32. The van der Waals surface area contributed by atoms with E-state index in [0.717, 1.165) is 6.92 Å². The SMILES string of the molecule is CC(NP(=O)(Oc1ccc(Cl)cc1)Oc1c(F)c(F)c(F)c(F)c1F)C(=O)OCc1ccccc1. The molecule has 2 unspecified atom stereocenters. The van der Waals surface area contributed by atoms with E-state index in [1.165, 1.54) is 24.3 Å². The highest BCUT2D eigenvalue weighted by atomic mass is 35.5. The second kappa shape index (κ2) is 11.1. The van der Waals surface area contributed by atoms with Crippen LogP contribution in [-0.2, 0) is 20.7 Å². The summed E-state index contributed by atoms with van der Waals surface area (Å²) in [5, 5.41) is 2.33. The molecule has 6 nitrogen and oxygen atoms in total. The minimum atomic E-state index is -5.02. The highest BCUT2D eigenvalue weighted by Gasteiger charge is 2.38. The van der Waals surface area contributed by atoms with Gasteiger partial charge in [0, 0.05) is 5.02 Å². The molecule has 0 bridgehead atoms. The van der Waals surface area contributed by atoms with Gasteiger partial charge in [0.05, 0.1) is 0 Å². The van der Waals surface area contributed by atoms with Crippen LogP contribution in [0.3, 0.4) is 0 Å². The lowest BCUT2D eigenvalue weighted by molar-refractivity contribution is -0.146. The van der Waals surface area contributed by atoms with Crippen molar-refractivity contribution in [1.29, 1.82) is 0 Å². The Balaban J connectivity index is 1.88. The summed E-state index contributed by atoms with van der Waals surface area (Å²) >= 11 is 5.76. The highest BCUT2D eigenvalue weighted by Crippen LogP contribution is 2.47. The van der Waals surface area contributed by atoms with Crippen molar-refractivity contribution in [2.75, 3.05) is 0 Å². The maximum absolute atomic E-state index is 14.2. The summed E-state index contributed by atoms with van der Waals surface area (Å²) in [6.45, 7) is 1.000. The van der Waals surface area contributed by atoms with E-state index in [-0.39, 0.29) is 17.4 Å². The van der Waals surface area contributed by atoms with Gasteiger partial charge in [-0.05, 0) is 36.8 Å². The molecule has 0 amide bonds. The zero-order valence-electron chi connectivity index (χ0n) is 17.7. The molecule has 0 saturated carbocycles. The molecule has 0 aliphatic carbocycles. The van der Waals surface area contributed by atoms with E-state index in [1.54, 1.807) is 30.3 Å². The Morgan fingerprint density at radius 3 is 2.00 bits per heavy atom. The number of ether oxygens (including phenoxy) is 1. The number of benzene rings is 3. The molecular formula is C22H16ClF5NO5P. The zero-order valence-corrected chi connectivity index (χ0v) is 19.4. The quantitative estimate of drug-likeness (QED) is 0.114. The van der Waals surface area contributed by atoms with Crippen LogP contribution < -0.4 is 14.1 Å². The molecule has 3 aromatic rings. The largest absolute Gasteiger partial charge is 0.513 e. The Bertz CT molecular complexity index is 1230. The fourth-order valence-electron chi connectivity index (χ4n) is 2.63. The van der Waals surface area contributed by atoms with Crippen molar-refractivity contribution in [2.45, 2.75) is 19.6 Å². The van der Waals surface area contributed by atoms with Gasteiger partial charge in [-0.1, -0.05) is 41.9 Å². The van der Waals surface area contributed by atoms with Crippen molar-refractivity contribution in [2.24, 2.45) is 0 Å². The van der Waals surface area contributed by atoms with E-state index >= 15 is 0 Å². The van der Waals surface area contributed by atoms with Gasteiger partial charge in [0.15, 0.2) is 0 Å². The van der Waals surface area contributed by atoms with Crippen molar-refractivity contribution >= 4 is 25.3 Å². The molecule has 0 aliphatic rings. The van der Waals surface area contributed by atoms with Gasteiger partial charge in [0.1, 0.15) is 18.4 Å². The molecule has 0 radical (unpaired) electrons. The topological polar surface area (TPSA) is 73.9 Å². The molecule has 0 aliphatic heterocycles. The van der Waals surface area contributed by atoms with Gasteiger partial charge in [-0.2, -0.15) is 13.9 Å². The average Bonchev–Trinajstić information content (AvgIpc) is 2.84. The first kappa shape index (κ1) is 26.5. The highest BCUT2D eigenvalue weighted by molar-refractivity contribution is 7.52. The maximum atomic E-state index is 14.2. The molecule has 0 saturated heterocycles. The maximum Gasteiger partial charge on any atom is 0.513 e. The molecule has 13 heteroatoms. The van der Waals surface area contributed by atoms with E-state index in [9.17, 15) is 31.3 Å². The zero-order chi connectivity index (χ0) is 25.8. The Hall–Kier alpha value is -3.14. The lowest BCUT2D eigenvalue weighted by Crippen LogP contribution is -2.36. The van der Waals surface area contributed by atoms with Crippen LogP contribution in [0.1, 0.15) is 12.5 Å².